The van der Waals surface area contributed by atoms with Crippen LogP contribution in [0.15, 0.2) is 24.8 Å². The molecule has 0 radical (unpaired) electrons. The van der Waals surface area contributed by atoms with Crippen molar-refractivity contribution in [2.24, 2.45) is 0 Å². The van der Waals surface area contributed by atoms with Gasteiger partial charge in [0.2, 0.25) is 0 Å². The summed E-state index contributed by atoms with van der Waals surface area (Å²) in [5.41, 5.74) is 1.58. The number of aliphatic hydroxyl groups excluding tert-OH is 2. The first kappa shape index (κ1) is 13.3. The molecule has 2 bridgehead atoms. The van der Waals surface area contributed by atoms with Crippen molar-refractivity contribution in [3.63, 3.8) is 0 Å². The van der Waals surface area contributed by atoms with Gasteiger partial charge in [-0.15, -0.1) is 6.58 Å². The molecule has 1 aromatic rings. The van der Waals surface area contributed by atoms with Crippen molar-refractivity contribution in [3.8, 4) is 11.8 Å². The van der Waals surface area contributed by atoms with Crippen LogP contribution in [0.3, 0.4) is 0 Å². The SMILES string of the molecule is C=CC(CC(O)CO)n1c(O)c2c(c1O)C1C=CC2C1. The Morgan fingerprint density at radius 3 is 2.25 bits per heavy atom. The van der Waals surface area contributed by atoms with Gasteiger partial charge >= 0.3 is 0 Å². The summed E-state index contributed by atoms with van der Waals surface area (Å²) in [6.45, 7) is 3.33. The van der Waals surface area contributed by atoms with E-state index >= 15 is 0 Å². The molecular formula is C15H19NO4. The molecule has 0 saturated heterocycles. The zero-order valence-electron chi connectivity index (χ0n) is 11.1. The maximum atomic E-state index is 10.4. The van der Waals surface area contributed by atoms with Crippen LogP contribution in [0.25, 0.3) is 0 Å². The second-order valence-electron chi connectivity index (χ2n) is 5.55. The van der Waals surface area contributed by atoms with Crippen molar-refractivity contribution in [2.45, 2.75) is 36.8 Å². The van der Waals surface area contributed by atoms with Gasteiger partial charge in [-0.25, -0.2) is 0 Å². The van der Waals surface area contributed by atoms with E-state index in [9.17, 15) is 15.3 Å². The van der Waals surface area contributed by atoms with Crippen molar-refractivity contribution in [3.05, 3.63) is 35.9 Å². The van der Waals surface area contributed by atoms with Crippen LogP contribution in [0.5, 0.6) is 11.8 Å². The Bertz CT molecular complexity index is 539. The van der Waals surface area contributed by atoms with Gasteiger partial charge in [-0.3, -0.25) is 4.57 Å². The van der Waals surface area contributed by atoms with E-state index in [1.165, 1.54) is 4.57 Å². The Morgan fingerprint density at radius 2 is 1.80 bits per heavy atom. The molecule has 0 fully saturated rings. The summed E-state index contributed by atoms with van der Waals surface area (Å²) in [4.78, 5) is 0. The third-order valence-electron chi connectivity index (χ3n) is 4.38. The van der Waals surface area contributed by atoms with E-state index in [1.54, 1.807) is 6.08 Å². The van der Waals surface area contributed by atoms with Crippen LogP contribution in [-0.4, -0.2) is 37.7 Å². The molecule has 4 N–H and O–H groups in total. The van der Waals surface area contributed by atoms with Crippen LogP contribution < -0.4 is 0 Å². The topological polar surface area (TPSA) is 85.9 Å². The van der Waals surface area contributed by atoms with E-state index in [0.29, 0.717) is 0 Å². The molecule has 2 aliphatic carbocycles. The summed E-state index contributed by atoms with van der Waals surface area (Å²) in [5, 5.41) is 39.4. The lowest BCUT2D eigenvalue weighted by Crippen LogP contribution is -2.18. The highest BCUT2D eigenvalue weighted by atomic mass is 16.3. The second kappa shape index (κ2) is 4.68. The van der Waals surface area contributed by atoms with Crippen molar-refractivity contribution in [1.29, 1.82) is 0 Å². The summed E-state index contributed by atoms with van der Waals surface area (Å²) in [5.74, 6) is 0.416. The smallest absolute Gasteiger partial charge is 0.198 e. The van der Waals surface area contributed by atoms with Gasteiger partial charge < -0.3 is 20.4 Å². The molecule has 4 atom stereocenters. The average Bonchev–Trinajstić information content (AvgIpc) is 3.11. The Hall–Kier alpha value is -1.72. The quantitative estimate of drug-likeness (QED) is 0.615. The first-order chi connectivity index (χ1) is 9.58. The standard InChI is InChI=1S/C15H19NO4/c1-2-10(6-11(18)7-17)16-14(19)12-8-3-4-9(5-8)13(12)15(16)20/h2-4,8-11,17-20H,1,5-7H2. The number of allylic oxidation sites excluding steroid dienone is 3. The van der Waals surface area contributed by atoms with Gasteiger partial charge in [0.25, 0.3) is 0 Å². The molecule has 0 amide bonds. The van der Waals surface area contributed by atoms with Crippen LogP contribution >= 0.6 is 0 Å². The summed E-state index contributed by atoms with van der Waals surface area (Å²) in [6.07, 6.45) is 5.86. The third kappa shape index (κ3) is 1.70. The molecule has 1 heterocycles. The van der Waals surface area contributed by atoms with Gasteiger partial charge in [-0.1, -0.05) is 18.2 Å². The predicted octanol–water partition coefficient (Wildman–Crippen LogP) is 1.51. The molecule has 5 nitrogen and oxygen atoms in total. The van der Waals surface area contributed by atoms with Crippen molar-refractivity contribution in [2.75, 3.05) is 6.61 Å². The molecule has 0 spiro atoms. The number of aromatic hydroxyl groups is 2. The van der Waals surface area contributed by atoms with E-state index in [-0.39, 0.29) is 36.6 Å². The minimum absolute atomic E-state index is 0.0457. The van der Waals surface area contributed by atoms with E-state index in [1.807, 2.05) is 0 Å². The second-order valence-corrected chi connectivity index (χ2v) is 5.55. The van der Waals surface area contributed by atoms with Crippen molar-refractivity contribution >= 4 is 0 Å². The maximum Gasteiger partial charge on any atom is 0.198 e. The van der Waals surface area contributed by atoms with Gasteiger partial charge in [-0.05, 0) is 6.42 Å². The fourth-order valence-electron chi connectivity index (χ4n) is 3.43. The lowest BCUT2D eigenvalue weighted by atomic mass is 10.0. The van der Waals surface area contributed by atoms with Gasteiger partial charge in [0.05, 0.1) is 18.8 Å². The number of fused-ring (bicyclic) bond motifs is 5. The highest BCUT2D eigenvalue weighted by Gasteiger charge is 2.41. The molecule has 0 saturated carbocycles. The van der Waals surface area contributed by atoms with Gasteiger partial charge in [0, 0.05) is 29.4 Å². The Labute approximate surface area is 117 Å². The Balaban J connectivity index is 2.01. The predicted molar refractivity (Wildman–Crippen MR) is 73.9 cm³/mol. The van der Waals surface area contributed by atoms with E-state index in [4.69, 9.17) is 5.11 Å². The lowest BCUT2D eigenvalue weighted by Gasteiger charge is -2.20. The molecule has 1 aromatic heterocycles. The first-order valence-electron chi connectivity index (χ1n) is 6.84. The minimum atomic E-state index is -0.913. The highest BCUT2D eigenvalue weighted by molar-refractivity contribution is 5.59. The highest BCUT2D eigenvalue weighted by Crippen LogP contribution is 2.57. The van der Waals surface area contributed by atoms with Crippen molar-refractivity contribution in [1.82, 2.24) is 4.57 Å². The third-order valence-corrected chi connectivity index (χ3v) is 4.38. The van der Waals surface area contributed by atoms with E-state index < -0.39 is 12.1 Å². The average molecular weight is 277 g/mol. The van der Waals surface area contributed by atoms with Gasteiger partial charge in [0.15, 0.2) is 11.8 Å². The van der Waals surface area contributed by atoms with E-state index in [0.717, 1.165) is 17.5 Å². The number of nitrogens with zero attached hydrogens (tertiary/aromatic N) is 1. The largest absolute Gasteiger partial charge is 0.494 e. The number of hydrogen-bond donors (Lipinski definition) is 4. The van der Waals surface area contributed by atoms with Gasteiger partial charge in [0.1, 0.15) is 0 Å². The molecule has 0 aromatic carbocycles. The molecule has 5 heteroatoms. The molecule has 0 aliphatic heterocycles. The molecule has 3 rings (SSSR count). The molecular weight excluding hydrogens is 258 g/mol. The molecule has 108 valence electrons. The fourth-order valence-corrected chi connectivity index (χ4v) is 3.43. The number of rotatable bonds is 5. The Morgan fingerprint density at radius 1 is 1.25 bits per heavy atom. The maximum absolute atomic E-state index is 10.4. The zero-order chi connectivity index (χ0) is 14.4. The van der Waals surface area contributed by atoms with E-state index in [2.05, 4.69) is 18.7 Å². The summed E-state index contributed by atoms with van der Waals surface area (Å²) >= 11 is 0. The van der Waals surface area contributed by atoms with Crippen molar-refractivity contribution < 1.29 is 20.4 Å². The number of hydrogen-bond acceptors (Lipinski definition) is 4. The summed E-state index contributed by atoms with van der Waals surface area (Å²) in [6, 6.07) is -0.456. The molecule has 20 heavy (non-hydrogen) atoms. The fraction of sp³-hybridized carbons (Fsp3) is 0.467. The van der Waals surface area contributed by atoms with Gasteiger partial charge in [-0.2, -0.15) is 0 Å². The summed E-state index contributed by atoms with van der Waals surface area (Å²) < 4.78 is 1.41. The Kier molecular flexibility index (Phi) is 3.11. The van der Waals surface area contributed by atoms with Crippen LogP contribution in [0.2, 0.25) is 0 Å². The molecule has 4 unspecified atom stereocenters. The van der Waals surface area contributed by atoms with Crippen LogP contribution in [0.1, 0.15) is 41.8 Å². The molecule has 2 aliphatic rings. The summed E-state index contributed by atoms with van der Waals surface area (Å²) in [7, 11) is 0. The normalized spacial score (nSPS) is 25.7. The van der Waals surface area contributed by atoms with Crippen LogP contribution in [-0.2, 0) is 0 Å². The lowest BCUT2D eigenvalue weighted by molar-refractivity contribution is 0.0787. The zero-order valence-corrected chi connectivity index (χ0v) is 11.1. The number of aliphatic hydroxyl groups is 2. The number of aromatic nitrogens is 1. The van der Waals surface area contributed by atoms with Crippen LogP contribution in [0, 0.1) is 0 Å². The van der Waals surface area contributed by atoms with Crippen LogP contribution in [0.4, 0.5) is 0 Å². The first-order valence-corrected chi connectivity index (χ1v) is 6.84. The monoisotopic (exact) mass is 277 g/mol. The minimum Gasteiger partial charge on any atom is -0.494 e.